The van der Waals surface area contributed by atoms with Gasteiger partial charge in [-0.05, 0) is 12.5 Å². The predicted molar refractivity (Wildman–Crippen MR) is 58.9 cm³/mol. The van der Waals surface area contributed by atoms with Crippen LogP contribution in [0.3, 0.4) is 0 Å². The van der Waals surface area contributed by atoms with Crippen LogP contribution in [0.25, 0.3) is 5.70 Å². The summed E-state index contributed by atoms with van der Waals surface area (Å²) in [5.74, 6) is -1.88. The van der Waals surface area contributed by atoms with E-state index in [0.717, 1.165) is 7.05 Å². The minimum Gasteiger partial charge on any atom is -0.307 e. The van der Waals surface area contributed by atoms with E-state index in [9.17, 15) is 18.0 Å². The Kier molecular flexibility index (Phi) is 3.93. The number of hydrogen-bond donors (Lipinski definition) is 0. The molecule has 0 spiro atoms. The summed E-state index contributed by atoms with van der Waals surface area (Å²) in [4.78, 5) is 11.7. The van der Waals surface area contributed by atoms with Crippen LogP contribution in [-0.2, 0) is 4.79 Å². The van der Waals surface area contributed by atoms with Crippen molar-refractivity contribution in [3.05, 3.63) is 42.0 Å². The molecule has 0 aliphatic carbocycles. The smallest absolute Gasteiger partial charge is 0.307 e. The van der Waals surface area contributed by atoms with Gasteiger partial charge >= 0.3 is 12.1 Å². The van der Waals surface area contributed by atoms with Gasteiger partial charge in [-0.3, -0.25) is 4.79 Å². The van der Waals surface area contributed by atoms with E-state index in [1.54, 1.807) is 37.3 Å². The number of halogens is 3. The molecule has 0 bridgehead atoms. The normalized spacial score (nSPS) is 12.4. The second-order valence-corrected chi connectivity index (χ2v) is 3.40. The zero-order chi connectivity index (χ0) is 13.1. The predicted octanol–water partition coefficient (Wildman–Crippen LogP) is 3.07. The van der Waals surface area contributed by atoms with Crippen molar-refractivity contribution in [1.82, 2.24) is 4.90 Å². The minimum absolute atomic E-state index is 0.230. The van der Waals surface area contributed by atoms with E-state index < -0.39 is 12.1 Å². The van der Waals surface area contributed by atoms with Crippen molar-refractivity contribution in [1.29, 1.82) is 0 Å². The molecule has 5 heteroatoms. The van der Waals surface area contributed by atoms with Crippen LogP contribution < -0.4 is 0 Å². The van der Waals surface area contributed by atoms with Crippen LogP contribution in [0.1, 0.15) is 12.5 Å². The van der Waals surface area contributed by atoms with E-state index in [4.69, 9.17) is 0 Å². The standard InChI is InChI=1S/C12H12F3NO/c1-3-10(9-7-5-4-6-8-9)16(2)11(17)12(13,14)15/h3-8H,1-2H3. The molecule has 1 aromatic carbocycles. The van der Waals surface area contributed by atoms with Crippen molar-refractivity contribution >= 4 is 11.6 Å². The van der Waals surface area contributed by atoms with Crippen LogP contribution in [0.5, 0.6) is 0 Å². The SMILES string of the molecule is CC=C(c1ccccc1)N(C)C(=O)C(F)(F)F. The first-order chi connectivity index (χ1) is 7.88. The van der Waals surface area contributed by atoms with E-state index >= 15 is 0 Å². The van der Waals surface area contributed by atoms with Crippen molar-refractivity contribution in [2.75, 3.05) is 7.05 Å². The first kappa shape index (κ1) is 13.3. The monoisotopic (exact) mass is 243 g/mol. The average Bonchev–Trinajstić information content (AvgIpc) is 2.29. The number of hydrogen-bond acceptors (Lipinski definition) is 1. The van der Waals surface area contributed by atoms with Crippen LogP contribution in [0.4, 0.5) is 13.2 Å². The lowest BCUT2D eigenvalue weighted by atomic mass is 10.1. The molecular formula is C12H12F3NO. The van der Waals surface area contributed by atoms with Gasteiger partial charge in [-0.25, -0.2) is 0 Å². The number of alkyl halides is 3. The number of allylic oxidation sites excluding steroid dienone is 1. The van der Waals surface area contributed by atoms with Gasteiger partial charge in [0.05, 0.1) is 0 Å². The van der Waals surface area contributed by atoms with Crippen molar-refractivity contribution < 1.29 is 18.0 Å². The van der Waals surface area contributed by atoms with Gasteiger partial charge in [0, 0.05) is 12.7 Å². The topological polar surface area (TPSA) is 20.3 Å². The van der Waals surface area contributed by atoms with Gasteiger partial charge < -0.3 is 4.90 Å². The lowest BCUT2D eigenvalue weighted by molar-refractivity contribution is -0.180. The van der Waals surface area contributed by atoms with Crippen LogP contribution >= 0.6 is 0 Å². The molecule has 0 fully saturated rings. The summed E-state index contributed by atoms with van der Waals surface area (Å²) in [6.07, 6.45) is -3.39. The van der Waals surface area contributed by atoms with E-state index in [1.165, 1.54) is 6.08 Å². The Morgan fingerprint density at radius 3 is 2.18 bits per heavy atom. The zero-order valence-electron chi connectivity index (χ0n) is 9.45. The highest BCUT2D eigenvalue weighted by atomic mass is 19.4. The first-order valence-electron chi connectivity index (χ1n) is 4.94. The summed E-state index contributed by atoms with van der Waals surface area (Å²) in [6, 6.07) is 8.45. The third-order valence-electron chi connectivity index (χ3n) is 2.25. The Morgan fingerprint density at radius 2 is 1.76 bits per heavy atom. The zero-order valence-corrected chi connectivity index (χ0v) is 9.45. The molecule has 92 valence electrons. The molecule has 0 N–H and O–H groups in total. The highest BCUT2D eigenvalue weighted by molar-refractivity contribution is 5.90. The molecule has 0 aliphatic heterocycles. The van der Waals surface area contributed by atoms with Gasteiger partial charge in [-0.1, -0.05) is 36.4 Å². The molecule has 0 radical (unpaired) electrons. The summed E-state index contributed by atoms with van der Waals surface area (Å²) in [5.41, 5.74) is 0.794. The van der Waals surface area contributed by atoms with Crippen LogP contribution in [-0.4, -0.2) is 24.0 Å². The van der Waals surface area contributed by atoms with Crippen molar-refractivity contribution in [2.24, 2.45) is 0 Å². The van der Waals surface area contributed by atoms with Gasteiger partial charge in [0.1, 0.15) is 0 Å². The van der Waals surface area contributed by atoms with E-state index in [1.807, 2.05) is 0 Å². The first-order valence-corrected chi connectivity index (χ1v) is 4.94. The van der Waals surface area contributed by atoms with Crippen LogP contribution in [0.2, 0.25) is 0 Å². The lowest BCUT2D eigenvalue weighted by Gasteiger charge is -2.22. The van der Waals surface area contributed by atoms with Gasteiger partial charge in [-0.15, -0.1) is 0 Å². The van der Waals surface area contributed by atoms with Crippen LogP contribution in [0.15, 0.2) is 36.4 Å². The van der Waals surface area contributed by atoms with Crippen molar-refractivity contribution in [3.63, 3.8) is 0 Å². The largest absolute Gasteiger partial charge is 0.471 e. The Morgan fingerprint density at radius 1 is 1.24 bits per heavy atom. The number of carbonyl (C=O) groups is 1. The van der Waals surface area contributed by atoms with E-state index in [2.05, 4.69) is 0 Å². The molecule has 0 atom stereocenters. The molecule has 0 saturated carbocycles. The second-order valence-electron chi connectivity index (χ2n) is 3.40. The van der Waals surface area contributed by atoms with E-state index in [-0.39, 0.29) is 5.70 Å². The van der Waals surface area contributed by atoms with Gasteiger partial charge in [-0.2, -0.15) is 13.2 Å². The van der Waals surface area contributed by atoms with Crippen LogP contribution in [0, 0.1) is 0 Å². The highest BCUT2D eigenvalue weighted by Gasteiger charge is 2.42. The minimum atomic E-state index is -4.86. The fraction of sp³-hybridized carbons (Fsp3) is 0.250. The molecule has 1 rings (SSSR count). The maximum atomic E-state index is 12.3. The van der Waals surface area contributed by atoms with Gasteiger partial charge in [0.2, 0.25) is 0 Å². The highest BCUT2D eigenvalue weighted by Crippen LogP contribution is 2.24. The Labute approximate surface area is 97.3 Å². The van der Waals surface area contributed by atoms with Crippen molar-refractivity contribution in [3.8, 4) is 0 Å². The number of carbonyl (C=O) groups excluding carboxylic acids is 1. The number of benzene rings is 1. The number of nitrogens with zero attached hydrogens (tertiary/aromatic N) is 1. The summed E-state index contributed by atoms with van der Waals surface area (Å²) in [5, 5.41) is 0. The summed E-state index contributed by atoms with van der Waals surface area (Å²) in [7, 11) is 1.11. The molecule has 0 unspecified atom stereocenters. The van der Waals surface area contributed by atoms with Gasteiger partial charge in [0.15, 0.2) is 0 Å². The van der Waals surface area contributed by atoms with Crippen molar-refractivity contribution in [2.45, 2.75) is 13.1 Å². The Bertz CT molecular complexity index is 423. The quantitative estimate of drug-likeness (QED) is 0.781. The summed E-state index contributed by atoms with van der Waals surface area (Å²) < 4.78 is 36.9. The second kappa shape index (κ2) is 5.03. The molecule has 17 heavy (non-hydrogen) atoms. The number of amides is 1. The average molecular weight is 243 g/mol. The summed E-state index contributed by atoms with van der Waals surface area (Å²) >= 11 is 0. The maximum Gasteiger partial charge on any atom is 0.471 e. The Balaban J connectivity index is 3.03. The lowest BCUT2D eigenvalue weighted by Crippen LogP contribution is -2.37. The molecule has 0 saturated heterocycles. The fourth-order valence-corrected chi connectivity index (χ4v) is 1.46. The third-order valence-corrected chi connectivity index (χ3v) is 2.25. The Hall–Kier alpha value is -1.78. The van der Waals surface area contributed by atoms with E-state index in [0.29, 0.717) is 10.5 Å². The third kappa shape index (κ3) is 3.09. The molecule has 1 aromatic rings. The summed E-state index contributed by atoms with van der Waals surface area (Å²) in [6.45, 7) is 1.59. The molecule has 1 amide bonds. The fourth-order valence-electron chi connectivity index (χ4n) is 1.46. The number of rotatable bonds is 2. The molecule has 0 aromatic heterocycles. The van der Waals surface area contributed by atoms with Gasteiger partial charge in [0.25, 0.3) is 0 Å². The maximum absolute atomic E-state index is 12.3. The molecular weight excluding hydrogens is 231 g/mol. The molecule has 2 nitrogen and oxygen atoms in total. The molecule has 0 aliphatic rings. The molecule has 0 heterocycles.